The van der Waals surface area contributed by atoms with E-state index in [9.17, 15) is 0 Å². The Hall–Kier alpha value is -3.10. The van der Waals surface area contributed by atoms with Gasteiger partial charge in [0.2, 0.25) is 0 Å². The van der Waals surface area contributed by atoms with Crippen LogP contribution in [0.3, 0.4) is 0 Å². The molecule has 2 aromatic carbocycles. The van der Waals surface area contributed by atoms with E-state index in [-0.39, 0.29) is 5.25 Å². The molecule has 8 heteroatoms. The summed E-state index contributed by atoms with van der Waals surface area (Å²) in [5.41, 5.74) is 11.2. The van der Waals surface area contributed by atoms with Crippen LogP contribution >= 0.6 is 11.8 Å². The number of nitrogens with zero attached hydrogens (tertiary/aromatic N) is 4. The molecular weight excluding hydrogens is 408 g/mol. The van der Waals surface area contributed by atoms with Crippen LogP contribution in [0.25, 0.3) is 22.3 Å². The third-order valence-electron chi connectivity index (χ3n) is 5.88. The number of benzene rings is 2. The highest BCUT2D eigenvalue weighted by atomic mass is 32.2. The summed E-state index contributed by atoms with van der Waals surface area (Å²) in [6.45, 7) is 3.11. The number of hydrogen-bond donors (Lipinski definition) is 2. The third kappa shape index (κ3) is 3.32. The van der Waals surface area contributed by atoms with E-state index in [1.807, 2.05) is 42.2 Å². The Morgan fingerprint density at radius 1 is 1.10 bits per heavy atom. The van der Waals surface area contributed by atoms with Gasteiger partial charge in [-0.15, -0.1) is 11.8 Å². The Morgan fingerprint density at radius 3 is 2.84 bits per heavy atom. The summed E-state index contributed by atoms with van der Waals surface area (Å²) >= 11 is 1.85. The zero-order valence-corrected chi connectivity index (χ0v) is 17.7. The van der Waals surface area contributed by atoms with E-state index in [2.05, 4.69) is 33.3 Å². The first-order valence-corrected chi connectivity index (χ1v) is 11.3. The van der Waals surface area contributed by atoms with Crippen LogP contribution in [-0.2, 0) is 11.2 Å². The van der Waals surface area contributed by atoms with Crippen molar-refractivity contribution in [2.45, 2.75) is 16.6 Å². The van der Waals surface area contributed by atoms with E-state index in [4.69, 9.17) is 20.4 Å². The highest BCUT2D eigenvalue weighted by molar-refractivity contribution is 8.00. The van der Waals surface area contributed by atoms with Crippen LogP contribution in [0.15, 0.2) is 53.6 Å². The molecule has 1 atom stereocenters. The van der Waals surface area contributed by atoms with Gasteiger partial charge in [-0.3, -0.25) is 5.10 Å². The number of H-pyrrole nitrogens is 1. The maximum Gasteiger partial charge on any atom is 0.162 e. The molecule has 156 valence electrons. The Labute approximate surface area is 184 Å². The van der Waals surface area contributed by atoms with Gasteiger partial charge in [0.15, 0.2) is 5.82 Å². The second-order valence-electron chi connectivity index (χ2n) is 7.86. The summed E-state index contributed by atoms with van der Waals surface area (Å²) in [5, 5.41) is 8.57. The van der Waals surface area contributed by atoms with Crippen LogP contribution in [0.1, 0.15) is 16.5 Å². The van der Waals surface area contributed by atoms with Crippen molar-refractivity contribution in [1.82, 2.24) is 20.2 Å². The number of aromatic amines is 1. The minimum Gasteiger partial charge on any atom is -0.399 e. The summed E-state index contributed by atoms with van der Waals surface area (Å²) in [6.07, 6.45) is 2.71. The van der Waals surface area contributed by atoms with Crippen molar-refractivity contribution in [1.29, 1.82) is 0 Å². The number of morpholine rings is 1. The largest absolute Gasteiger partial charge is 0.399 e. The lowest BCUT2D eigenvalue weighted by molar-refractivity contribution is 0.122. The average Bonchev–Trinajstić information content (AvgIpc) is 3.46. The maximum atomic E-state index is 6.05. The molecule has 7 nitrogen and oxygen atoms in total. The topological polar surface area (TPSA) is 93.0 Å². The number of fused-ring (bicyclic) bond motifs is 2. The summed E-state index contributed by atoms with van der Waals surface area (Å²) < 4.78 is 5.59. The normalized spacial score (nSPS) is 18.5. The lowest BCUT2D eigenvalue weighted by Crippen LogP contribution is -2.37. The molecule has 4 aromatic rings. The van der Waals surface area contributed by atoms with Crippen molar-refractivity contribution in [2.24, 2.45) is 0 Å². The van der Waals surface area contributed by atoms with Crippen LogP contribution in [0.4, 0.5) is 11.5 Å². The van der Waals surface area contributed by atoms with Gasteiger partial charge in [0, 0.05) is 41.4 Å². The number of hydrogen-bond acceptors (Lipinski definition) is 7. The molecule has 0 amide bonds. The van der Waals surface area contributed by atoms with Crippen molar-refractivity contribution in [3.63, 3.8) is 0 Å². The van der Waals surface area contributed by atoms with Crippen molar-refractivity contribution >= 4 is 34.2 Å². The number of nitrogen functional groups attached to an aromatic ring is 1. The summed E-state index contributed by atoms with van der Waals surface area (Å²) in [4.78, 5) is 13.6. The van der Waals surface area contributed by atoms with Crippen molar-refractivity contribution in [3.8, 4) is 11.4 Å². The zero-order valence-electron chi connectivity index (χ0n) is 16.9. The molecule has 6 rings (SSSR count). The van der Waals surface area contributed by atoms with E-state index in [1.54, 1.807) is 0 Å². The predicted octanol–water partition coefficient (Wildman–Crippen LogP) is 3.83. The molecule has 0 aliphatic carbocycles. The van der Waals surface area contributed by atoms with Crippen LogP contribution in [-0.4, -0.2) is 46.5 Å². The lowest BCUT2D eigenvalue weighted by Gasteiger charge is -2.29. The van der Waals surface area contributed by atoms with E-state index < -0.39 is 0 Å². The first-order chi connectivity index (χ1) is 15.3. The Morgan fingerprint density at radius 2 is 1.97 bits per heavy atom. The monoisotopic (exact) mass is 430 g/mol. The molecule has 0 saturated carbocycles. The van der Waals surface area contributed by atoms with Crippen LogP contribution in [0.2, 0.25) is 0 Å². The van der Waals surface area contributed by atoms with E-state index in [1.165, 1.54) is 10.5 Å². The van der Waals surface area contributed by atoms with Gasteiger partial charge in [-0.2, -0.15) is 5.10 Å². The number of anilines is 2. The highest BCUT2D eigenvalue weighted by Crippen LogP contribution is 2.50. The van der Waals surface area contributed by atoms with Crippen LogP contribution in [0, 0.1) is 0 Å². The zero-order chi connectivity index (χ0) is 20.8. The Bertz CT molecular complexity index is 1270. The Kier molecular flexibility index (Phi) is 4.54. The number of rotatable bonds is 3. The number of nitrogens with two attached hydrogens (primary N) is 1. The highest BCUT2D eigenvalue weighted by Gasteiger charge is 2.32. The van der Waals surface area contributed by atoms with E-state index in [0.717, 1.165) is 72.2 Å². The molecular formula is C23H22N6OS. The summed E-state index contributed by atoms with van der Waals surface area (Å²) in [7, 11) is 0. The first kappa shape index (κ1) is 18.7. The van der Waals surface area contributed by atoms with Crippen molar-refractivity contribution in [2.75, 3.05) is 36.9 Å². The molecule has 3 N–H and O–H groups in total. The second-order valence-corrected chi connectivity index (χ2v) is 9.08. The fourth-order valence-electron chi connectivity index (χ4n) is 4.32. The number of ether oxygens (including phenoxy) is 1. The van der Waals surface area contributed by atoms with Crippen molar-refractivity contribution < 1.29 is 4.74 Å². The fraction of sp³-hybridized carbons (Fsp3) is 0.261. The van der Waals surface area contributed by atoms with E-state index in [0.29, 0.717) is 0 Å². The number of aromatic nitrogens is 4. The fourth-order valence-corrected chi connectivity index (χ4v) is 5.67. The summed E-state index contributed by atoms with van der Waals surface area (Å²) in [5.74, 6) is 1.77. The SMILES string of the molecule is Nc1cccc(C2Cc3nc(-c4cccc5[nH]ncc45)nc(N4CCOCC4)c3S2)c1. The number of thioether (sulfide) groups is 1. The van der Waals surface area contributed by atoms with Gasteiger partial charge < -0.3 is 15.4 Å². The van der Waals surface area contributed by atoms with Gasteiger partial charge >= 0.3 is 0 Å². The molecule has 0 bridgehead atoms. The maximum absolute atomic E-state index is 6.05. The summed E-state index contributed by atoms with van der Waals surface area (Å²) in [6, 6.07) is 14.3. The van der Waals surface area contributed by atoms with Gasteiger partial charge in [0.05, 0.1) is 35.5 Å². The minimum atomic E-state index is 0.285. The smallest absolute Gasteiger partial charge is 0.162 e. The molecule has 0 spiro atoms. The third-order valence-corrected chi connectivity index (χ3v) is 7.25. The van der Waals surface area contributed by atoms with Crippen LogP contribution in [0.5, 0.6) is 0 Å². The average molecular weight is 431 g/mol. The van der Waals surface area contributed by atoms with Gasteiger partial charge in [-0.1, -0.05) is 24.3 Å². The second kappa shape index (κ2) is 7.55. The van der Waals surface area contributed by atoms with Crippen LogP contribution < -0.4 is 10.6 Å². The minimum absolute atomic E-state index is 0.285. The molecule has 2 aromatic heterocycles. The van der Waals surface area contributed by atoms with Gasteiger partial charge in [0.25, 0.3) is 0 Å². The standard InChI is InChI=1S/C23H22N6OS/c24-15-4-1-3-14(11-15)20-12-19-21(31-20)23(29-7-9-30-10-8-29)27-22(26-19)16-5-2-6-18-17(16)13-25-28-18/h1-6,11,13,20H,7-10,12,24H2,(H,25,28). The van der Waals surface area contributed by atoms with Gasteiger partial charge in [-0.05, 0) is 23.8 Å². The molecule has 0 radical (unpaired) electrons. The quantitative estimate of drug-likeness (QED) is 0.477. The molecule has 1 saturated heterocycles. The molecule has 2 aliphatic rings. The molecule has 2 aliphatic heterocycles. The predicted molar refractivity (Wildman–Crippen MR) is 123 cm³/mol. The molecule has 4 heterocycles. The first-order valence-electron chi connectivity index (χ1n) is 10.4. The van der Waals surface area contributed by atoms with E-state index >= 15 is 0 Å². The van der Waals surface area contributed by atoms with Gasteiger partial charge in [0.1, 0.15) is 5.82 Å². The molecule has 1 unspecified atom stereocenters. The lowest BCUT2D eigenvalue weighted by atomic mass is 10.1. The Balaban J connectivity index is 1.47. The molecule has 31 heavy (non-hydrogen) atoms. The molecule has 1 fully saturated rings. The number of nitrogens with one attached hydrogen (secondary N) is 1. The van der Waals surface area contributed by atoms with Crippen molar-refractivity contribution in [3.05, 3.63) is 59.9 Å². The van der Waals surface area contributed by atoms with Gasteiger partial charge in [-0.25, -0.2) is 9.97 Å².